The second-order valence-corrected chi connectivity index (χ2v) is 7.70. The quantitative estimate of drug-likeness (QED) is 0.728. The molecule has 3 nitrogen and oxygen atoms in total. The number of aldehydes is 1. The van der Waals surface area contributed by atoms with Crippen LogP contribution < -0.4 is 9.47 Å². The molecular weight excluding hydrogens is 312 g/mol. The fourth-order valence-electron chi connectivity index (χ4n) is 4.33. The molecule has 0 amide bonds. The van der Waals surface area contributed by atoms with E-state index in [2.05, 4.69) is 39.8 Å². The molecule has 0 fully saturated rings. The maximum atomic E-state index is 11.8. The van der Waals surface area contributed by atoms with Crippen molar-refractivity contribution in [3.63, 3.8) is 0 Å². The summed E-state index contributed by atoms with van der Waals surface area (Å²) in [5, 5.41) is 2.24. The van der Waals surface area contributed by atoms with Gasteiger partial charge in [-0.25, -0.2) is 0 Å². The number of rotatable bonds is 4. The Morgan fingerprint density at radius 1 is 1.16 bits per heavy atom. The molecule has 0 aliphatic heterocycles. The number of carbonyl (C=O) groups excluding carboxylic acids is 1. The van der Waals surface area contributed by atoms with Crippen molar-refractivity contribution in [1.82, 2.24) is 0 Å². The van der Waals surface area contributed by atoms with Gasteiger partial charge >= 0.3 is 0 Å². The topological polar surface area (TPSA) is 35.5 Å². The lowest BCUT2D eigenvalue weighted by molar-refractivity contribution is -0.112. The Morgan fingerprint density at radius 3 is 2.40 bits per heavy atom. The minimum atomic E-state index is -0.391. The van der Waals surface area contributed by atoms with Crippen LogP contribution in [0.1, 0.15) is 61.8 Å². The SMILES string of the molecule is COc1c(C(C)C)cc2cc3c(c(C)c2c1OC)CCC[C@@]3(C)C=O. The Kier molecular flexibility index (Phi) is 4.52. The Bertz CT molecular complexity index is 835. The smallest absolute Gasteiger partial charge is 0.169 e. The first-order valence-corrected chi connectivity index (χ1v) is 9.05. The predicted octanol–water partition coefficient (Wildman–Crippen LogP) is 5.08. The summed E-state index contributed by atoms with van der Waals surface area (Å²) >= 11 is 0. The summed E-state index contributed by atoms with van der Waals surface area (Å²) in [5.41, 5.74) is 4.43. The monoisotopic (exact) mass is 340 g/mol. The van der Waals surface area contributed by atoms with E-state index in [-0.39, 0.29) is 0 Å². The van der Waals surface area contributed by atoms with Crippen molar-refractivity contribution < 1.29 is 14.3 Å². The lowest BCUT2D eigenvalue weighted by atomic mass is 9.70. The van der Waals surface area contributed by atoms with Gasteiger partial charge in [0.2, 0.25) is 0 Å². The predicted molar refractivity (Wildman–Crippen MR) is 102 cm³/mol. The molecule has 0 N–H and O–H groups in total. The van der Waals surface area contributed by atoms with Gasteiger partial charge in [-0.2, -0.15) is 0 Å². The fourth-order valence-corrected chi connectivity index (χ4v) is 4.33. The normalized spacial score (nSPS) is 19.8. The van der Waals surface area contributed by atoms with Crippen LogP contribution in [0.2, 0.25) is 0 Å². The van der Waals surface area contributed by atoms with Crippen LogP contribution in [-0.2, 0) is 16.6 Å². The number of fused-ring (bicyclic) bond motifs is 2. The van der Waals surface area contributed by atoms with Gasteiger partial charge in [-0.15, -0.1) is 0 Å². The van der Waals surface area contributed by atoms with Crippen molar-refractivity contribution in [2.24, 2.45) is 0 Å². The van der Waals surface area contributed by atoms with Crippen LogP contribution in [0.3, 0.4) is 0 Å². The maximum absolute atomic E-state index is 11.8. The minimum absolute atomic E-state index is 0.321. The molecule has 0 saturated heterocycles. The second kappa shape index (κ2) is 6.36. The third kappa shape index (κ3) is 2.61. The Hall–Kier alpha value is -2.03. The van der Waals surface area contributed by atoms with E-state index in [1.165, 1.54) is 16.7 Å². The molecule has 3 heteroatoms. The summed E-state index contributed by atoms with van der Waals surface area (Å²) in [5.74, 6) is 1.95. The number of carbonyl (C=O) groups is 1. The van der Waals surface area contributed by atoms with E-state index in [4.69, 9.17) is 9.47 Å². The molecule has 1 aliphatic carbocycles. The number of hydrogen-bond acceptors (Lipinski definition) is 3. The van der Waals surface area contributed by atoms with Crippen molar-refractivity contribution in [3.8, 4) is 11.5 Å². The van der Waals surface area contributed by atoms with E-state index < -0.39 is 5.41 Å². The molecule has 3 rings (SSSR count). The van der Waals surface area contributed by atoms with Crippen molar-refractivity contribution >= 4 is 17.1 Å². The van der Waals surface area contributed by atoms with Gasteiger partial charge in [-0.05, 0) is 73.2 Å². The highest BCUT2D eigenvalue weighted by atomic mass is 16.5. The highest BCUT2D eigenvalue weighted by Crippen LogP contribution is 2.47. The summed E-state index contributed by atoms with van der Waals surface area (Å²) in [6.07, 6.45) is 4.09. The van der Waals surface area contributed by atoms with Gasteiger partial charge in [-0.1, -0.05) is 13.8 Å². The van der Waals surface area contributed by atoms with E-state index in [1.54, 1.807) is 14.2 Å². The molecule has 0 spiro atoms. The molecule has 2 aromatic rings. The van der Waals surface area contributed by atoms with Crippen LogP contribution in [0.4, 0.5) is 0 Å². The van der Waals surface area contributed by atoms with Crippen molar-refractivity contribution in [3.05, 3.63) is 34.4 Å². The van der Waals surface area contributed by atoms with Gasteiger partial charge in [0.15, 0.2) is 11.5 Å². The summed E-state index contributed by atoms with van der Waals surface area (Å²) < 4.78 is 11.5. The Balaban J connectivity index is 2.45. The van der Waals surface area contributed by atoms with E-state index in [0.717, 1.165) is 53.4 Å². The zero-order chi connectivity index (χ0) is 18.4. The second-order valence-electron chi connectivity index (χ2n) is 7.70. The first-order valence-electron chi connectivity index (χ1n) is 9.05. The number of ether oxygens (including phenoxy) is 2. The number of hydrogen-bond donors (Lipinski definition) is 0. The molecule has 2 aromatic carbocycles. The van der Waals surface area contributed by atoms with Crippen LogP contribution in [0.15, 0.2) is 12.1 Å². The Labute approximate surface area is 150 Å². The van der Waals surface area contributed by atoms with Gasteiger partial charge in [-0.3, -0.25) is 0 Å². The molecule has 0 saturated carbocycles. The van der Waals surface area contributed by atoms with Crippen molar-refractivity contribution in [2.45, 2.75) is 58.3 Å². The highest BCUT2D eigenvalue weighted by molar-refractivity contribution is 5.97. The van der Waals surface area contributed by atoms with E-state index in [0.29, 0.717) is 5.92 Å². The van der Waals surface area contributed by atoms with Gasteiger partial charge in [0.1, 0.15) is 6.29 Å². The minimum Gasteiger partial charge on any atom is -0.493 e. The zero-order valence-corrected chi connectivity index (χ0v) is 16.2. The van der Waals surface area contributed by atoms with Crippen LogP contribution in [-0.4, -0.2) is 20.5 Å². The fraction of sp³-hybridized carbons (Fsp3) is 0.500. The van der Waals surface area contributed by atoms with Crippen LogP contribution in [0.5, 0.6) is 11.5 Å². The molecule has 0 unspecified atom stereocenters. The van der Waals surface area contributed by atoms with E-state index >= 15 is 0 Å². The summed E-state index contributed by atoms with van der Waals surface area (Å²) in [6, 6.07) is 4.41. The maximum Gasteiger partial charge on any atom is 0.169 e. The van der Waals surface area contributed by atoms with Gasteiger partial charge in [0.05, 0.1) is 14.2 Å². The molecule has 1 aliphatic rings. The number of benzene rings is 2. The molecule has 25 heavy (non-hydrogen) atoms. The third-order valence-corrected chi connectivity index (χ3v) is 5.78. The first kappa shape index (κ1) is 17.8. The molecule has 0 heterocycles. The summed E-state index contributed by atoms with van der Waals surface area (Å²) in [4.78, 5) is 11.8. The standard InChI is InChI=1S/C22H28O3/c1-13(2)17-10-15-11-18-16(8-7-9-22(18,4)12-23)14(3)19(15)21(25-6)20(17)24-5/h10-13H,7-9H2,1-6H3/t22-/m0/s1. The molecule has 0 bridgehead atoms. The first-order chi connectivity index (χ1) is 11.9. The lowest BCUT2D eigenvalue weighted by Crippen LogP contribution is -2.29. The van der Waals surface area contributed by atoms with Crippen LogP contribution >= 0.6 is 0 Å². The average Bonchev–Trinajstić information content (AvgIpc) is 2.61. The summed E-state index contributed by atoms with van der Waals surface area (Å²) in [7, 11) is 3.41. The van der Waals surface area contributed by atoms with Gasteiger partial charge in [0.25, 0.3) is 0 Å². The van der Waals surface area contributed by atoms with Crippen LogP contribution in [0, 0.1) is 6.92 Å². The molecule has 0 radical (unpaired) electrons. The van der Waals surface area contributed by atoms with Gasteiger partial charge < -0.3 is 14.3 Å². The zero-order valence-electron chi connectivity index (χ0n) is 16.2. The lowest BCUT2D eigenvalue weighted by Gasteiger charge is -2.33. The van der Waals surface area contributed by atoms with Crippen molar-refractivity contribution in [2.75, 3.05) is 14.2 Å². The summed E-state index contributed by atoms with van der Waals surface area (Å²) in [6.45, 7) is 8.52. The van der Waals surface area contributed by atoms with E-state index in [9.17, 15) is 4.79 Å². The third-order valence-electron chi connectivity index (χ3n) is 5.78. The molecule has 0 aromatic heterocycles. The molecule has 134 valence electrons. The number of methoxy groups -OCH3 is 2. The largest absolute Gasteiger partial charge is 0.493 e. The van der Waals surface area contributed by atoms with Crippen LogP contribution in [0.25, 0.3) is 10.8 Å². The van der Waals surface area contributed by atoms with Crippen molar-refractivity contribution in [1.29, 1.82) is 0 Å². The number of aryl methyl sites for hydroxylation is 1. The Morgan fingerprint density at radius 2 is 1.84 bits per heavy atom. The molecule has 1 atom stereocenters. The van der Waals surface area contributed by atoms with E-state index in [1.807, 2.05) is 0 Å². The molecular formula is C22H28O3. The highest BCUT2D eigenvalue weighted by Gasteiger charge is 2.34. The average molecular weight is 340 g/mol. The van der Waals surface area contributed by atoms with Gasteiger partial charge in [0, 0.05) is 16.4 Å².